The first kappa shape index (κ1) is 29.2. The Balaban J connectivity index is 0.00000408. The van der Waals surface area contributed by atoms with Gasteiger partial charge in [-0.25, -0.2) is 0 Å². The summed E-state index contributed by atoms with van der Waals surface area (Å²) in [7, 11) is 0. The number of H-pyrrole nitrogens is 1. The number of amides is 2. The number of carbonyl (C=O) groups excluding carboxylic acids is 3. The van der Waals surface area contributed by atoms with E-state index in [4.69, 9.17) is 0 Å². The standard InChI is InChI=1S/C15H17F3N6O6S3.Na/c16-15(17,18)32-4-8(27)19-9-11(28)24-10(13(29)30)6(3-31-12(9)24)7(1-5(26)2-25)33-14-20-22-23-21-14;/h5,7,9,12,25-26H,1-4H2,(H,19,27)(H,29,30)(H,20,21,22,23);/q;+1/p-1/t5?,7?,9?,12-;/m0./s1. The molecule has 2 aliphatic rings. The number of nitrogens with one attached hydrogen (secondary N) is 2. The van der Waals surface area contributed by atoms with Crippen LogP contribution in [0.3, 0.4) is 0 Å². The van der Waals surface area contributed by atoms with Crippen molar-refractivity contribution >= 4 is 53.1 Å². The summed E-state index contributed by atoms with van der Waals surface area (Å²) in [6, 6.07) is -1.20. The Morgan fingerprint density at radius 3 is 2.68 bits per heavy atom. The molecule has 12 nitrogen and oxygen atoms in total. The van der Waals surface area contributed by atoms with Crippen LogP contribution >= 0.6 is 35.3 Å². The second kappa shape index (κ2) is 12.3. The third-order valence-corrected chi connectivity index (χ3v) is 7.71. The summed E-state index contributed by atoms with van der Waals surface area (Å²) < 4.78 is 36.8. The number of halogens is 3. The van der Waals surface area contributed by atoms with Gasteiger partial charge in [0.05, 0.1) is 30.1 Å². The molecular weight excluding hydrogens is 536 g/mol. The number of rotatable bonds is 10. The number of carboxylic acids is 1. The second-order valence-corrected chi connectivity index (χ2v) is 10.0. The SMILES string of the molecule is O=C(CSC(F)(F)F)NC1C(=O)N2C(C(=O)[O-])=C(C(CC(O)CO)Sc3nn[nH]n3)CS[C@@H]12.[Na+]. The van der Waals surface area contributed by atoms with Crippen LogP contribution in [0.1, 0.15) is 6.42 Å². The summed E-state index contributed by atoms with van der Waals surface area (Å²) in [5.74, 6) is -4.42. The van der Waals surface area contributed by atoms with Gasteiger partial charge in [-0.05, 0) is 29.0 Å². The summed E-state index contributed by atoms with van der Waals surface area (Å²) in [5.41, 5.74) is -4.88. The van der Waals surface area contributed by atoms with E-state index >= 15 is 0 Å². The Morgan fingerprint density at radius 1 is 1.41 bits per heavy atom. The number of aliphatic carboxylic acids is 1. The maximum atomic E-state index is 12.6. The zero-order chi connectivity index (χ0) is 24.3. The Labute approximate surface area is 224 Å². The normalized spacial score (nSPS) is 21.8. The molecule has 1 fully saturated rings. The number of aromatic nitrogens is 4. The third-order valence-electron chi connectivity index (χ3n) is 4.53. The third kappa shape index (κ3) is 7.02. The number of carboxylic acid groups (broad SMARTS) is 1. The van der Waals surface area contributed by atoms with Crippen molar-refractivity contribution in [2.75, 3.05) is 18.1 Å². The number of hydrogen-bond acceptors (Lipinski definition) is 12. The van der Waals surface area contributed by atoms with Crippen LogP contribution in [-0.4, -0.2) is 99.9 Å². The number of aromatic amines is 1. The summed E-state index contributed by atoms with van der Waals surface area (Å²) in [5, 5.41) is 44.9. The van der Waals surface area contributed by atoms with Gasteiger partial charge in [0.2, 0.25) is 11.1 Å². The molecule has 2 amide bonds. The van der Waals surface area contributed by atoms with E-state index in [0.717, 1.165) is 28.4 Å². The van der Waals surface area contributed by atoms with Gasteiger partial charge in [0.15, 0.2) is 0 Å². The number of aliphatic hydroxyl groups is 2. The van der Waals surface area contributed by atoms with Crippen molar-refractivity contribution in [3.8, 4) is 0 Å². The van der Waals surface area contributed by atoms with Crippen molar-refractivity contribution < 1.29 is 72.4 Å². The van der Waals surface area contributed by atoms with E-state index in [1.165, 1.54) is 0 Å². The van der Waals surface area contributed by atoms with E-state index in [0.29, 0.717) is 0 Å². The molecule has 3 heterocycles. The summed E-state index contributed by atoms with van der Waals surface area (Å²) in [6.07, 6.45) is -1.32. The van der Waals surface area contributed by atoms with Gasteiger partial charge in [-0.2, -0.15) is 18.4 Å². The molecule has 1 aromatic heterocycles. The van der Waals surface area contributed by atoms with Gasteiger partial charge in [-0.1, -0.05) is 11.8 Å². The number of thioether (sulfide) groups is 3. The minimum atomic E-state index is -4.61. The average Bonchev–Trinajstić information content (AvgIpc) is 3.26. The molecule has 34 heavy (non-hydrogen) atoms. The number of carbonyl (C=O) groups is 3. The molecule has 0 spiro atoms. The fraction of sp³-hybridized carbons (Fsp3) is 0.600. The van der Waals surface area contributed by atoms with Gasteiger partial charge in [0, 0.05) is 11.0 Å². The predicted octanol–water partition coefficient (Wildman–Crippen LogP) is -4.94. The zero-order valence-corrected chi connectivity index (χ0v) is 21.8. The molecule has 3 rings (SSSR count). The topological polar surface area (TPSA) is 184 Å². The van der Waals surface area contributed by atoms with E-state index in [1.807, 2.05) is 0 Å². The van der Waals surface area contributed by atoms with Gasteiger partial charge >= 0.3 is 35.1 Å². The van der Waals surface area contributed by atoms with Crippen LogP contribution in [-0.2, 0) is 14.4 Å². The molecule has 2 aliphatic heterocycles. The number of tetrazole rings is 1. The number of aliphatic hydroxyl groups excluding tert-OH is 2. The summed E-state index contributed by atoms with van der Waals surface area (Å²) in [6.45, 7) is -0.598. The summed E-state index contributed by atoms with van der Waals surface area (Å²) in [4.78, 5) is 37.3. The molecule has 182 valence electrons. The van der Waals surface area contributed by atoms with Crippen molar-refractivity contribution in [3.05, 3.63) is 11.3 Å². The van der Waals surface area contributed by atoms with Crippen molar-refractivity contribution in [3.63, 3.8) is 0 Å². The number of fused-ring (bicyclic) bond motifs is 1. The molecule has 19 heteroatoms. The first-order chi connectivity index (χ1) is 15.5. The van der Waals surface area contributed by atoms with Crippen molar-refractivity contribution in [2.24, 2.45) is 0 Å². The molecule has 0 aliphatic carbocycles. The number of nitrogens with zero attached hydrogens (tertiary/aromatic N) is 4. The Bertz CT molecular complexity index is 939. The number of alkyl halides is 3. The zero-order valence-electron chi connectivity index (χ0n) is 17.3. The van der Waals surface area contributed by atoms with Crippen LogP contribution in [0.5, 0.6) is 0 Å². The number of β-lactam (4-membered cyclic amide) rings is 1. The fourth-order valence-corrected chi connectivity index (χ4v) is 6.15. The predicted molar refractivity (Wildman–Crippen MR) is 107 cm³/mol. The van der Waals surface area contributed by atoms with Crippen LogP contribution in [0.2, 0.25) is 0 Å². The molecule has 0 bridgehead atoms. The maximum absolute atomic E-state index is 12.6. The van der Waals surface area contributed by atoms with Crippen molar-refractivity contribution in [2.45, 2.75) is 39.9 Å². The van der Waals surface area contributed by atoms with E-state index in [2.05, 4.69) is 25.9 Å². The first-order valence-corrected chi connectivity index (χ1v) is 12.0. The Kier molecular flexibility index (Phi) is 10.6. The quantitative estimate of drug-likeness (QED) is 0.123. The Hall–Kier alpha value is -1.02. The average molecular weight is 553 g/mol. The molecule has 1 aromatic rings. The van der Waals surface area contributed by atoms with E-state index < -0.39 is 75.9 Å². The van der Waals surface area contributed by atoms with E-state index in [1.54, 1.807) is 0 Å². The first-order valence-electron chi connectivity index (χ1n) is 9.10. The maximum Gasteiger partial charge on any atom is 1.00 e. The fourth-order valence-electron chi connectivity index (χ4n) is 3.15. The molecule has 0 saturated carbocycles. The monoisotopic (exact) mass is 552 g/mol. The van der Waals surface area contributed by atoms with E-state index in [9.17, 15) is 42.9 Å². The minimum Gasteiger partial charge on any atom is -0.543 e. The van der Waals surface area contributed by atoms with Crippen LogP contribution in [0, 0.1) is 0 Å². The molecule has 4 N–H and O–H groups in total. The molecule has 0 radical (unpaired) electrons. The van der Waals surface area contributed by atoms with Crippen LogP contribution in [0.25, 0.3) is 0 Å². The molecule has 0 aromatic carbocycles. The molecule has 1 saturated heterocycles. The van der Waals surface area contributed by atoms with Crippen molar-refractivity contribution in [1.82, 2.24) is 30.8 Å². The largest absolute Gasteiger partial charge is 1.00 e. The van der Waals surface area contributed by atoms with Gasteiger partial charge in [0.25, 0.3) is 5.91 Å². The van der Waals surface area contributed by atoms with E-state index in [-0.39, 0.29) is 52.5 Å². The summed E-state index contributed by atoms with van der Waals surface area (Å²) >= 11 is 1.48. The molecular formula is C15H16F3N6NaO6S3. The van der Waals surface area contributed by atoms with Crippen LogP contribution in [0.4, 0.5) is 13.2 Å². The van der Waals surface area contributed by atoms with Gasteiger partial charge in [-0.15, -0.1) is 22.0 Å². The minimum absolute atomic E-state index is 0. The van der Waals surface area contributed by atoms with Crippen LogP contribution < -0.4 is 40.0 Å². The molecule has 3 unspecified atom stereocenters. The van der Waals surface area contributed by atoms with Gasteiger partial charge < -0.3 is 25.4 Å². The van der Waals surface area contributed by atoms with Crippen molar-refractivity contribution in [1.29, 1.82) is 0 Å². The number of hydrogen-bond donors (Lipinski definition) is 4. The second-order valence-electron chi connectivity index (χ2n) is 6.72. The Morgan fingerprint density at radius 2 is 2.12 bits per heavy atom. The van der Waals surface area contributed by atoms with Crippen LogP contribution in [0.15, 0.2) is 16.4 Å². The van der Waals surface area contributed by atoms with Gasteiger partial charge in [0.1, 0.15) is 11.4 Å². The smallest absolute Gasteiger partial charge is 0.543 e. The van der Waals surface area contributed by atoms with Gasteiger partial charge in [-0.3, -0.25) is 14.5 Å². The molecule has 4 atom stereocenters.